The highest BCUT2D eigenvalue weighted by molar-refractivity contribution is 7.47. The van der Waals surface area contributed by atoms with Gasteiger partial charge in [-0.3, -0.25) is 18.6 Å². The highest BCUT2D eigenvalue weighted by Crippen LogP contribution is 2.43. The topological polar surface area (TPSA) is 134 Å². The molecular weight excluding hydrogens is 1050 g/mol. The van der Waals surface area contributed by atoms with Gasteiger partial charge in [0.05, 0.1) is 13.2 Å². The smallest absolute Gasteiger partial charge is 0.462 e. The van der Waals surface area contributed by atoms with Crippen LogP contribution in [0.3, 0.4) is 0 Å². The van der Waals surface area contributed by atoms with Crippen LogP contribution >= 0.6 is 7.82 Å². The highest BCUT2D eigenvalue weighted by atomic mass is 31.2. The number of hydrogen-bond acceptors (Lipinski definition) is 8. The molecule has 0 saturated heterocycles. The van der Waals surface area contributed by atoms with Gasteiger partial charge in [0.2, 0.25) is 0 Å². The Kier molecular flexibility index (Phi) is 63.7. The number of phosphoric ester groups is 1. The Morgan fingerprint density at radius 3 is 0.988 bits per heavy atom. The molecule has 0 spiro atoms. The second kappa shape index (κ2) is 67.0. The molecule has 0 aliphatic rings. The number of rotatable bonds is 61. The molecule has 9 nitrogen and oxygen atoms in total. The van der Waals surface area contributed by atoms with Gasteiger partial charge in [0, 0.05) is 19.4 Å². The van der Waals surface area contributed by atoms with Crippen molar-refractivity contribution in [3.05, 3.63) is 146 Å². The second-order valence-electron chi connectivity index (χ2n) is 21.6. The summed E-state index contributed by atoms with van der Waals surface area (Å²) in [6.45, 7) is 3.61. The number of ether oxygens (including phenoxy) is 2. The van der Waals surface area contributed by atoms with Gasteiger partial charge < -0.3 is 20.1 Å². The van der Waals surface area contributed by atoms with E-state index in [9.17, 15) is 19.0 Å². The van der Waals surface area contributed by atoms with Crippen molar-refractivity contribution in [1.29, 1.82) is 0 Å². The number of phosphoric acid groups is 1. The van der Waals surface area contributed by atoms with Crippen LogP contribution in [0.5, 0.6) is 0 Å². The van der Waals surface area contributed by atoms with Crippen LogP contribution in [0.15, 0.2) is 146 Å². The zero-order valence-electron chi connectivity index (χ0n) is 52.9. The minimum absolute atomic E-state index is 0.0432. The average molecular weight is 1170 g/mol. The van der Waals surface area contributed by atoms with Crippen molar-refractivity contribution in [2.75, 3.05) is 26.4 Å². The summed E-state index contributed by atoms with van der Waals surface area (Å²) in [6.07, 6.45) is 96.4. The van der Waals surface area contributed by atoms with E-state index in [0.29, 0.717) is 6.42 Å². The summed E-state index contributed by atoms with van der Waals surface area (Å²) in [5.74, 6) is -0.857. The van der Waals surface area contributed by atoms with Gasteiger partial charge in [-0.15, -0.1) is 0 Å². The van der Waals surface area contributed by atoms with Gasteiger partial charge in [-0.2, -0.15) is 0 Å². The molecule has 0 rings (SSSR count). The fourth-order valence-corrected chi connectivity index (χ4v) is 9.62. The molecular formula is C73H122NO8P. The average Bonchev–Trinajstić information content (AvgIpc) is 3.49. The van der Waals surface area contributed by atoms with E-state index in [1.165, 1.54) is 116 Å². The summed E-state index contributed by atoms with van der Waals surface area (Å²) < 4.78 is 33.1. The van der Waals surface area contributed by atoms with Crippen molar-refractivity contribution < 1.29 is 37.6 Å². The first-order valence-corrected chi connectivity index (χ1v) is 34.8. The van der Waals surface area contributed by atoms with E-state index >= 15 is 0 Å². The molecule has 0 fully saturated rings. The maximum atomic E-state index is 12.7. The third kappa shape index (κ3) is 66.9. The fourth-order valence-electron chi connectivity index (χ4n) is 8.85. The van der Waals surface area contributed by atoms with Crippen molar-refractivity contribution >= 4 is 19.8 Å². The zero-order chi connectivity index (χ0) is 60.1. The van der Waals surface area contributed by atoms with Gasteiger partial charge in [0.25, 0.3) is 0 Å². The molecule has 0 saturated carbocycles. The maximum absolute atomic E-state index is 12.7. The minimum Gasteiger partial charge on any atom is -0.462 e. The summed E-state index contributed by atoms with van der Waals surface area (Å²) in [5, 5.41) is 0. The Balaban J connectivity index is 4.03. The van der Waals surface area contributed by atoms with Crippen LogP contribution in [0.2, 0.25) is 0 Å². The first-order valence-electron chi connectivity index (χ1n) is 33.3. The van der Waals surface area contributed by atoms with Crippen molar-refractivity contribution in [2.45, 2.75) is 277 Å². The van der Waals surface area contributed by atoms with Crippen LogP contribution in [0, 0.1) is 0 Å². The monoisotopic (exact) mass is 1170 g/mol. The van der Waals surface area contributed by atoms with Crippen LogP contribution in [-0.2, 0) is 32.7 Å². The predicted octanol–water partition coefficient (Wildman–Crippen LogP) is 21.9. The summed E-state index contributed by atoms with van der Waals surface area (Å²) in [7, 11) is -4.41. The molecule has 83 heavy (non-hydrogen) atoms. The summed E-state index contributed by atoms with van der Waals surface area (Å²) in [4.78, 5) is 35.3. The molecule has 0 heterocycles. The van der Waals surface area contributed by atoms with Gasteiger partial charge in [0.15, 0.2) is 6.10 Å². The van der Waals surface area contributed by atoms with Crippen LogP contribution < -0.4 is 5.73 Å². The lowest BCUT2D eigenvalue weighted by molar-refractivity contribution is -0.161. The van der Waals surface area contributed by atoms with E-state index in [0.717, 1.165) is 122 Å². The number of carbonyl (C=O) groups excluding carboxylic acids is 2. The summed E-state index contributed by atoms with van der Waals surface area (Å²) in [6, 6.07) is 0. The number of carbonyl (C=O) groups is 2. The number of nitrogens with two attached hydrogens (primary N) is 1. The van der Waals surface area contributed by atoms with Crippen molar-refractivity contribution in [3.63, 3.8) is 0 Å². The van der Waals surface area contributed by atoms with Crippen LogP contribution in [0.4, 0.5) is 0 Å². The number of unbranched alkanes of at least 4 members (excludes halogenated alkanes) is 24. The maximum Gasteiger partial charge on any atom is 0.472 e. The van der Waals surface area contributed by atoms with Gasteiger partial charge in [-0.25, -0.2) is 4.57 Å². The first-order chi connectivity index (χ1) is 40.8. The molecule has 0 radical (unpaired) electrons. The zero-order valence-corrected chi connectivity index (χ0v) is 53.8. The van der Waals surface area contributed by atoms with Crippen molar-refractivity contribution in [3.8, 4) is 0 Å². The van der Waals surface area contributed by atoms with Gasteiger partial charge >= 0.3 is 19.8 Å². The van der Waals surface area contributed by atoms with Crippen LogP contribution in [-0.4, -0.2) is 49.3 Å². The Morgan fingerprint density at radius 2 is 0.663 bits per heavy atom. The quantitative estimate of drug-likeness (QED) is 0.0264. The van der Waals surface area contributed by atoms with E-state index < -0.39 is 26.5 Å². The molecule has 472 valence electrons. The third-order valence-corrected chi connectivity index (χ3v) is 14.7. The first kappa shape index (κ1) is 78.9. The van der Waals surface area contributed by atoms with Crippen LogP contribution in [0.1, 0.15) is 271 Å². The molecule has 0 bridgehead atoms. The standard InChI is InChI=1S/C73H122NO8P/c1-3-5-7-9-11-13-15-17-19-21-23-25-26-27-28-29-30-31-32-33-34-35-36-37-38-39-40-41-42-43-44-46-48-50-52-54-56-58-60-62-64-66-73(76)82-71(70-81-83(77,78)80-68-67-74)69-79-72(75)65-63-61-59-57-55-53-51-49-47-45-24-22-20-18-16-14-12-10-8-6-4-2/h5,7,11,13,17,19,23,25,27-28,30-31,33-34,36-37,39-40,42-43,46,48,52,54,71H,3-4,6,8-10,12,14-16,18,20-22,24,26,29,32,35,38,41,44-45,47,49-51,53,55-70,74H2,1-2H3,(H,77,78)/b7-5-,13-11-,19-17-,25-23-,28-27-,31-30-,34-33-,37-36-,40-39-,43-42-,48-46-,54-52-. The molecule has 0 amide bonds. The fraction of sp³-hybridized carbons (Fsp3) is 0.644. The molecule has 0 aromatic carbocycles. The normalized spacial score (nSPS) is 13.9. The summed E-state index contributed by atoms with van der Waals surface area (Å²) in [5.41, 5.74) is 5.39. The molecule has 2 unspecified atom stereocenters. The van der Waals surface area contributed by atoms with Crippen molar-refractivity contribution in [2.24, 2.45) is 5.73 Å². The van der Waals surface area contributed by atoms with E-state index in [1.54, 1.807) is 0 Å². The number of hydrogen-bond donors (Lipinski definition) is 2. The van der Waals surface area contributed by atoms with Crippen molar-refractivity contribution in [1.82, 2.24) is 0 Å². The molecule has 0 aromatic rings. The third-order valence-electron chi connectivity index (χ3n) is 13.7. The number of allylic oxidation sites excluding steroid dienone is 24. The van der Waals surface area contributed by atoms with E-state index in [-0.39, 0.29) is 38.6 Å². The molecule has 0 aliphatic carbocycles. The minimum atomic E-state index is -4.41. The van der Waals surface area contributed by atoms with E-state index in [4.69, 9.17) is 24.3 Å². The van der Waals surface area contributed by atoms with Crippen LogP contribution in [0.25, 0.3) is 0 Å². The molecule has 10 heteroatoms. The van der Waals surface area contributed by atoms with Gasteiger partial charge in [-0.1, -0.05) is 301 Å². The SMILES string of the molecule is CC/C=C\C/C=C\C/C=C\C/C=C\C/C=C\C/C=C\C/C=C\C/C=C\C/C=C\C/C=C\C/C=C\C/C=C\CCCCCCC(=O)OC(COC(=O)CCCCCCCCCCCCCCCCCCCCCCC)COP(=O)(O)OCCN. The molecule has 3 N–H and O–H groups in total. The lowest BCUT2D eigenvalue weighted by Crippen LogP contribution is -2.29. The van der Waals surface area contributed by atoms with E-state index in [2.05, 4.69) is 160 Å². The van der Waals surface area contributed by atoms with Gasteiger partial charge in [-0.05, 0) is 103 Å². The van der Waals surface area contributed by atoms with E-state index in [1.807, 2.05) is 0 Å². The lowest BCUT2D eigenvalue weighted by atomic mass is 10.0. The number of esters is 2. The summed E-state index contributed by atoms with van der Waals surface area (Å²) >= 11 is 0. The molecule has 0 aromatic heterocycles. The Labute approximate surface area is 509 Å². The molecule has 0 aliphatic heterocycles. The molecule has 2 atom stereocenters. The highest BCUT2D eigenvalue weighted by Gasteiger charge is 2.26. The lowest BCUT2D eigenvalue weighted by Gasteiger charge is -2.19. The Bertz CT molecular complexity index is 1870. The largest absolute Gasteiger partial charge is 0.472 e. The Hall–Kier alpha value is -4.11. The Morgan fingerprint density at radius 1 is 0.373 bits per heavy atom. The predicted molar refractivity (Wildman–Crippen MR) is 357 cm³/mol. The second-order valence-corrected chi connectivity index (χ2v) is 23.1. The van der Waals surface area contributed by atoms with Gasteiger partial charge in [0.1, 0.15) is 6.61 Å².